The summed E-state index contributed by atoms with van der Waals surface area (Å²) in [7, 11) is 0. The average Bonchev–Trinajstić information content (AvgIpc) is 1.84. The summed E-state index contributed by atoms with van der Waals surface area (Å²) in [5.74, 6) is -4.12. The van der Waals surface area contributed by atoms with Crippen LogP contribution in [0.3, 0.4) is 0 Å². The molecular weight excluding hydrogens is 195 g/mol. The maximum atomic E-state index is 9.63. The van der Waals surface area contributed by atoms with E-state index < -0.39 is 24.1 Å². The van der Waals surface area contributed by atoms with Gasteiger partial charge in [-0.1, -0.05) is 0 Å². The minimum atomic E-state index is -2.44. The number of aliphatic hydroxyl groups excluding tert-OH is 2. The van der Waals surface area contributed by atoms with Gasteiger partial charge in [-0.05, 0) is 0 Å². The largest absolute Gasteiger partial charge is 0.547 e. The Morgan fingerprint density at radius 3 is 1.27 bits per heavy atom. The van der Waals surface area contributed by atoms with Gasteiger partial charge < -0.3 is 30.0 Å². The maximum Gasteiger partial charge on any atom is 0.124 e. The summed E-state index contributed by atoms with van der Waals surface area (Å²) < 4.78 is 0. The third-order valence-corrected chi connectivity index (χ3v) is 0.782. The van der Waals surface area contributed by atoms with Crippen LogP contribution in [0.25, 0.3) is 0 Å². The smallest absolute Gasteiger partial charge is 0.124 e. The van der Waals surface area contributed by atoms with Crippen LogP contribution < -0.4 is 10.2 Å². The van der Waals surface area contributed by atoms with Gasteiger partial charge in [0.15, 0.2) is 0 Å². The van der Waals surface area contributed by atoms with Gasteiger partial charge in [0.25, 0.3) is 0 Å². The molecule has 1 radical (unpaired) electrons. The summed E-state index contributed by atoms with van der Waals surface area (Å²) in [6, 6.07) is 0. The Morgan fingerprint density at radius 2 is 1.18 bits per heavy atom. The number of rotatable bonds is 3. The van der Waals surface area contributed by atoms with Crippen molar-refractivity contribution in [3.63, 3.8) is 0 Å². The van der Waals surface area contributed by atoms with Gasteiger partial charge in [0.2, 0.25) is 0 Å². The molecule has 63 valence electrons. The fourth-order valence-corrected chi connectivity index (χ4v) is 0.258. The molecule has 0 rings (SSSR count). The standard InChI is InChI=1S/C4H6O6.V/c5-1(3(7)8)2(6)4(9)10;/h1-2,5-6H,(H,7,8)(H,9,10);/p-2/t1-,2-;/m1./s1. The molecule has 0 bridgehead atoms. The molecule has 0 spiro atoms. The van der Waals surface area contributed by atoms with Crippen molar-refractivity contribution < 1.29 is 48.6 Å². The van der Waals surface area contributed by atoms with E-state index in [0.717, 1.165) is 0 Å². The van der Waals surface area contributed by atoms with E-state index in [-0.39, 0.29) is 18.6 Å². The molecule has 7 heteroatoms. The fourth-order valence-electron chi connectivity index (χ4n) is 0.258. The first-order valence-corrected chi connectivity index (χ1v) is 2.24. The van der Waals surface area contributed by atoms with Crippen LogP contribution in [-0.2, 0) is 28.1 Å². The molecule has 0 saturated carbocycles. The molecule has 0 fully saturated rings. The maximum absolute atomic E-state index is 9.63. The Bertz CT molecular complexity index is 139. The van der Waals surface area contributed by atoms with Gasteiger partial charge >= 0.3 is 0 Å². The molecule has 2 atom stereocenters. The van der Waals surface area contributed by atoms with Gasteiger partial charge in [0.05, 0.1) is 11.9 Å². The summed E-state index contributed by atoms with van der Waals surface area (Å²) in [5, 5.41) is 35.7. The van der Waals surface area contributed by atoms with Gasteiger partial charge in [-0.3, -0.25) is 0 Å². The Morgan fingerprint density at radius 1 is 1.00 bits per heavy atom. The molecule has 0 aliphatic carbocycles. The zero-order valence-corrected chi connectivity index (χ0v) is 6.53. The van der Waals surface area contributed by atoms with E-state index in [1.807, 2.05) is 0 Å². The van der Waals surface area contributed by atoms with Crippen molar-refractivity contribution in [1.82, 2.24) is 0 Å². The number of carboxylic acids is 2. The van der Waals surface area contributed by atoms with Crippen molar-refractivity contribution in [3.8, 4) is 0 Å². The molecule has 0 aliphatic heterocycles. The first kappa shape index (κ1) is 13.1. The summed E-state index contributed by atoms with van der Waals surface area (Å²) >= 11 is 0. The van der Waals surface area contributed by atoms with Gasteiger partial charge in [0.1, 0.15) is 12.2 Å². The number of aliphatic carboxylic acids is 2. The first-order valence-electron chi connectivity index (χ1n) is 2.24. The Hall–Kier alpha value is -0.556. The molecule has 0 aromatic carbocycles. The molecule has 0 amide bonds. The first-order chi connectivity index (χ1) is 4.46. The van der Waals surface area contributed by atoms with Crippen LogP contribution in [0.4, 0.5) is 0 Å². The van der Waals surface area contributed by atoms with Crippen molar-refractivity contribution >= 4 is 11.9 Å². The number of carbonyl (C=O) groups is 2. The molecular formula is C4H4O6V-2. The second-order valence-corrected chi connectivity index (χ2v) is 1.53. The summed E-state index contributed by atoms with van der Waals surface area (Å²) in [6.07, 6.45) is -4.88. The third-order valence-electron chi connectivity index (χ3n) is 0.782. The molecule has 2 N–H and O–H groups in total. The molecule has 0 aromatic rings. The molecule has 6 nitrogen and oxygen atoms in total. The number of hydrogen-bond acceptors (Lipinski definition) is 6. The van der Waals surface area contributed by atoms with E-state index in [9.17, 15) is 19.8 Å². The van der Waals surface area contributed by atoms with Crippen molar-refractivity contribution in [3.05, 3.63) is 0 Å². The van der Waals surface area contributed by atoms with Crippen LogP contribution in [0, 0.1) is 0 Å². The van der Waals surface area contributed by atoms with Crippen LogP contribution in [0.2, 0.25) is 0 Å². The van der Waals surface area contributed by atoms with E-state index in [4.69, 9.17) is 10.2 Å². The van der Waals surface area contributed by atoms with E-state index in [1.54, 1.807) is 0 Å². The predicted molar refractivity (Wildman–Crippen MR) is 22.0 cm³/mol. The van der Waals surface area contributed by atoms with Crippen LogP contribution in [0.1, 0.15) is 0 Å². The van der Waals surface area contributed by atoms with Crippen LogP contribution in [0.15, 0.2) is 0 Å². The second kappa shape index (κ2) is 5.14. The fraction of sp³-hybridized carbons (Fsp3) is 0.500. The molecule has 0 saturated heterocycles. The van der Waals surface area contributed by atoms with E-state index in [2.05, 4.69) is 0 Å². The quantitative estimate of drug-likeness (QED) is 0.470. The SMILES string of the molecule is O=C([O-])[C@H](O)[C@@H](O)C(=O)[O-].[V]. The molecule has 11 heavy (non-hydrogen) atoms. The van der Waals surface area contributed by atoms with Crippen LogP contribution >= 0.6 is 0 Å². The van der Waals surface area contributed by atoms with Crippen molar-refractivity contribution in [2.45, 2.75) is 12.2 Å². The minimum absolute atomic E-state index is 0. The van der Waals surface area contributed by atoms with Crippen molar-refractivity contribution in [1.29, 1.82) is 0 Å². The normalized spacial score (nSPS) is 14.4. The molecule has 0 aromatic heterocycles. The monoisotopic (exact) mass is 199 g/mol. The number of carboxylic acid groups (broad SMARTS) is 2. The topological polar surface area (TPSA) is 121 Å². The number of hydrogen-bond donors (Lipinski definition) is 2. The van der Waals surface area contributed by atoms with Crippen molar-refractivity contribution in [2.24, 2.45) is 0 Å². The Labute approximate surface area is 73.3 Å². The summed E-state index contributed by atoms with van der Waals surface area (Å²) in [5.41, 5.74) is 0. The molecule has 0 heterocycles. The third kappa shape index (κ3) is 4.00. The van der Waals surface area contributed by atoms with E-state index in [0.29, 0.717) is 0 Å². The predicted octanol–water partition coefficient (Wildman–Crippen LogP) is -4.79. The van der Waals surface area contributed by atoms with E-state index >= 15 is 0 Å². The zero-order chi connectivity index (χ0) is 8.31. The van der Waals surface area contributed by atoms with Crippen LogP contribution in [-0.4, -0.2) is 34.4 Å². The van der Waals surface area contributed by atoms with Crippen LogP contribution in [0.5, 0.6) is 0 Å². The Balaban J connectivity index is 0. The van der Waals surface area contributed by atoms with Crippen molar-refractivity contribution in [2.75, 3.05) is 0 Å². The number of carbonyl (C=O) groups excluding carboxylic acids is 2. The summed E-state index contributed by atoms with van der Waals surface area (Å²) in [4.78, 5) is 19.3. The van der Waals surface area contributed by atoms with Gasteiger partial charge in [-0.15, -0.1) is 0 Å². The summed E-state index contributed by atoms with van der Waals surface area (Å²) in [6.45, 7) is 0. The van der Waals surface area contributed by atoms with E-state index in [1.165, 1.54) is 0 Å². The van der Waals surface area contributed by atoms with Gasteiger partial charge in [-0.25, -0.2) is 0 Å². The second-order valence-electron chi connectivity index (χ2n) is 1.53. The minimum Gasteiger partial charge on any atom is -0.547 e. The van der Waals surface area contributed by atoms with Gasteiger partial charge in [0, 0.05) is 18.6 Å². The molecule has 0 aliphatic rings. The molecule has 0 unspecified atom stereocenters. The average molecular weight is 199 g/mol. The zero-order valence-electron chi connectivity index (χ0n) is 5.13. The number of aliphatic hydroxyl groups is 2. The van der Waals surface area contributed by atoms with Gasteiger partial charge in [-0.2, -0.15) is 0 Å². The Kier molecular flexibility index (Phi) is 6.11.